The van der Waals surface area contributed by atoms with Crippen LogP contribution in [0.1, 0.15) is 24.9 Å². The second-order valence-corrected chi connectivity index (χ2v) is 4.82. The van der Waals surface area contributed by atoms with Crippen molar-refractivity contribution in [2.45, 2.75) is 19.4 Å². The maximum atomic E-state index is 11.2. The summed E-state index contributed by atoms with van der Waals surface area (Å²) < 4.78 is 7.08. The van der Waals surface area contributed by atoms with Gasteiger partial charge in [0.05, 0.1) is 6.61 Å². The van der Waals surface area contributed by atoms with Crippen LogP contribution in [-0.4, -0.2) is 37.9 Å². The Morgan fingerprint density at radius 3 is 2.86 bits per heavy atom. The number of benzene rings is 1. The number of nitrogens with one attached hydrogen (secondary N) is 1. The van der Waals surface area contributed by atoms with E-state index in [2.05, 4.69) is 20.8 Å². The molecule has 0 bridgehead atoms. The van der Waals surface area contributed by atoms with Crippen molar-refractivity contribution in [3.8, 4) is 5.75 Å². The summed E-state index contributed by atoms with van der Waals surface area (Å²) in [6.07, 6.45) is 2.52. The zero-order chi connectivity index (χ0) is 15.5. The lowest BCUT2D eigenvalue weighted by molar-refractivity contribution is -0.132. The van der Waals surface area contributed by atoms with Gasteiger partial charge in [-0.3, -0.25) is 0 Å². The number of fused-ring (bicyclic) bond motifs is 1. The first-order chi connectivity index (χ1) is 10.7. The number of tetrazole rings is 1. The van der Waals surface area contributed by atoms with Crippen LogP contribution in [0.2, 0.25) is 0 Å². The van der Waals surface area contributed by atoms with E-state index in [-0.39, 0.29) is 11.7 Å². The molecule has 0 spiro atoms. The van der Waals surface area contributed by atoms with Gasteiger partial charge in [-0.05, 0) is 40.6 Å². The van der Waals surface area contributed by atoms with Crippen molar-refractivity contribution in [1.82, 2.24) is 20.2 Å². The van der Waals surface area contributed by atoms with Crippen LogP contribution in [0.25, 0.3) is 0 Å². The Bertz CT molecular complexity index is 708. The molecule has 8 heteroatoms. The van der Waals surface area contributed by atoms with Gasteiger partial charge in [-0.1, -0.05) is 24.2 Å². The first-order valence-electron chi connectivity index (χ1n) is 6.92. The number of nitrogens with zero attached hydrogens (tertiary/aromatic N) is 4. The SMILES string of the molecule is CCCOc1ccc([C@@H]2C=C(C(=O)O)Nc3nnnn32)cc1. The Morgan fingerprint density at radius 1 is 1.41 bits per heavy atom. The average Bonchev–Trinajstić information content (AvgIpc) is 3.01. The molecule has 0 unspecified atom stereocenters. The lowest BCUT2D eigenvalue weighted by Crippen LogP contribution is -2.24. The van der Waals surface area contributed by atoms with E-state index in [9.17, 15) is 9.90 Å². The van der Waals surface area contributed by atoms with Crippen LogP contribution in [0.15, 0.2) is 36.0 Å². The number of aromatic nitrogens is 4. The standard InChI is InChI=1S/C14H15N5O3/c1-2-7-22-10-5-3-9(4-6-10)12-8-11(13(20)21)15-14-16-17-18-19(12)14/h3-6,8,12H,2,7H2,1H3,(H,20,21)(H,15,16,18)/t12-/m0/s1. The number of allylic oxidation sites excluding steroid dienone is 1. The van der Waals surface area contributed by atoms with Crippen LogP contribution in [0.4, 0.5) is 5.95 Å². The molecule has 2 aromatic rings. The zero-order valence-corrected chi connectivity index (χ0v) is 11.9. The molecule has 0 aliphatic carbocycles. The van der Waals surface area contributed by atoms with Crippen LogP contribution in [-0.2, 0) is 4.79 Å². The van der Waals surface area contributed by atoms with Gasteiger partial charge in [0.25, 0.3) is 0 Å². The maximum absolute atomic E-state index is 11.2. The zero-order valence-electron chi connectivity index (χ0n) is 11.9. The fourth-order valence-electron chi connectivity index (χ4n) is 2.20. The minimum Gasteiger partial charge on any atom is -0.494 e. The summed E-state index contributed by atoms with van der Waals surface area (Å²) in [5, 5.41) is 23.1. The molecule has 1 aromatic heterocycles. The lowest BCUT2D eigenvalue weighted by Gasteiger charge is -2.21. The highest BCUT2D eigenvalue weighted by molar-refractivity contribution is 5.90. The van der Waals surface area contributed by atoms with Crippen LogP contribution in [0.5, 0.6) is 5.75 Å². The van der Waals surface area contributed by atoms with Crippen molar-refractivity contribution in [2.24, 2.45) is 0 Å². The minimum atomic E-state index is -1.05. The normalized spacial score (nSPS) is 16.4. The van der Waals surface area contributed by atoms with E-state index in [1.807, 2.05) is 31.2 Å². The van der Waals surface area contributed by atoms with Gasteiger partial charge >= 0.3 is 5.97 Å². The monoisotopic (exact) mass is 301 g/mol. The molecule has 1 aliphatic heterocycles. The number of anilines is 1. The van der Waals surface area contributed by atoms with E-state index in [0.29, 0.717) is 12.6 Å². The Hall–Kier alpha value is -2.90. The van der Waals surface area contributed by atoms with E-state index in [1.165, 1.54) is 4.68 Å². The third kappa shape index (κ3) is 2.62. The van der Waals surface area contributed by atoms with Crippen LogP contribution in [0.3, 0.4) is 0 Å². The second kappa shape index (κ2) is 5.84. The Balaban J connectivity index is 1.91. The molecule has 1 aliphatic rings. The lowest BCUT2D eigenvalue weighted by atomic mass is 10.0. The molecule has 2 N–H and O–H groups in total. The predicted molar refractivity (Wildman–Crippen MR) is 77.5 cm³/mol. The molecular weight excluding hydrogens is 286 g/mol. The first-order valence-corrected chi connectivity index (χ1v) is 6.92. The number of rotatable bonds is 5. The van der Waals surface area contributed by atoms with Gasteiger partial charge in [0.2, 0.25) is 5.95 Å². The van der Waals surface area contributed by atoms with Crippen LogP contribution < -0.4 is 10.1 Å². The Morgan fingerprint density at radius 2 is 2.18 bits per heavy atom. The molecule has 114 valence electrons. The molecule has 2 heterocycles. The van der Waals surface area contributed by atoms with Gasteiger partial charge in [-0.15, -0.1) is 0 Å². The topological polar surface area (TPSA) is 102 Å². The Kier molecular flexibility index (Phi) is 3.73. The highest BCUT2D eigenvalue weighted by Gasteiger charge is 2.26. The fraction of sp³-hybridized carbons (Fsp3) is 0.286. The molecule has 0 saturated heterocycles. The molecule has 0 fully saturated rings. The fourth-order valence-corrected chi connectivity index (χ4v) is 2.20. The predicted octanol–water partition coefficient (Wildman–Crippen LogP) is 1.45. The summed E-state index contributed by atoms with van der Waals surface area (Å²) in [6, 6.07) is 7.08. The van der Waals surface area contributed by atoms with Gasteiger partial charge < -0.3 is 15.2 Å². The number of aliphatic carboxylic acids is 1. The molecule has 3 rings (SSSR count). The third-order valence-electron chi connectivity index (χ3n) is 3.25. The number of carboxylic acid groups (broad SMARTS) is 1. The molecule has 1 aromatic carbocycles. The van der Waals surface area contributed by atoms with E-state index in [1.54, 1.807) is 6.08 Å². The smallest absolute Gasteiger partial charge is 0.352 e. The van der Waals surface area contributed by atoms with Crippen molar-refractivity contribution in [3.63, 3.8) is 0 Å². The molecule has 1 atom stereocenters. The summed E-state index contributed by atoms with van der Waals surface area (Å²) >= 11 is 0. The van der Waals surface area contributed by atoms with Crippen molar-refractivity contribution >= 4 is 11.9 Å². The van der Waals surface area contributed by atoms with E-state index in [0.717, 1.165) is 17.7 Å². The third-order valence-corrected chi connectivity index (χ3v) is 3.25. The molecule has 22 heavy (non-hydrogen) atoms. The summed E-state index contributed by atoms with van der Waals surface area (Å²) in [7, 11) is 0. The summed E-state index contributed by atoms with van der Waals surface area (Å²) in [5.74, 6) is 0.0252. The van der Waals surface area contributed by atoms with Gasteiger partial charge in [0.1, 0.15) is 17.5 Å². The highest BCUT2D eigenvalue weighted by Crippen LogP contribution is 2.28. The molecule has 0 radical (unpaired) electrons. The quantitative estimate of drug-likeness (QED) is 0.861. The molecule has 0 saturated carbocycles. The van der Waals surface area contributed by atoms with E-state index < -0.39 is 5.97 Å². The molecule has 0 amide bonds. The minimum absolute atomic E-state index is 0.0543. The van der Waals surface area contributed by atoms with Crippen LogP contribution >= 0.6 is 0 Å². The van der Waals surface area contributed by atoms with Gasteiger partial charge in [0.15, 0.2) is 0 Å². The van der Waals surface area contributed by atoms with Gasteiger partial charge in [-0.2, -0.15) is 4.68 Å². The largest absolute Gasteiger partial charge is 0.494 e. The van der Waals surface area contributed by atoms with Crippen molar-refractivity contribution in [1.29, 1.82) is 0 Å². The summed E-state index contributed by atoms with van der Waals surface area (Å²) in [4.78, 5) is 11.2. The number of carbonyl (C=O) groups is 1. The van der Waals surface area contributed by atoms with E-state index in [4.69, 9.17) is 4.74 Å². The number of ether oxygens (including phenoxy) is 1. The van der Waals surface area contributed by atoms with E-state index >= 15 is 0 Å². The summed E-state index contributed by atoms with van der Waals surface area (Å²) in [5.41, 5.74) is 0.927. The number of hydrogen-bond acceptors (Lipinski definition) is 6. The Labute approximate surface area is 126 Å². The number of carboxylic acids is 1. The molecular formula is C14H15N5O3. The van der Waals surface area contributed by atoms with Crippen LogP contribution in [0, 0.1) is 0 Å². The maximum Gasteiger partial charge on any atom is 0.352 e. The summed E-state index contributed by atoms with van der Waals surface area (Å²) in [6.45, 7) is 2.70. The van der Waals surface area contributed by atoms with Crippen molar-refractivity contribution < 1.29 is 14.6 Å². The number of hydrogen-bond donors (Lipinski definition) is 2. The van der Waals surface area contributed by atoms with Gasteiger partial charge in [-0.25, -0.2) is 4.79 Å². The highest BCUT2D eigenvalue weighted by atomic mass is 16.5. The van der Waals surface area contributed by atoms with Crippen molar-refractivity contribution in [2.75, 3.05) is 11.9 Å². The van der Waals surface area contributed by atoms with Crippen molar-refractivity contribution in [3.05, 3.63) is 41.6 Å². The first kappa shape index (κ1) is 14.1. The van der Waals surface area contributed by atoms with Gasteiger partial charge in [0, 0.05) is 0 Å². The average molecular weight is 301 g/mol. The second-order valence-electron chi connectivity index (χ2n) is 4.82. The molecule has 8 nitrogen and oxygen atoms in total.